The molecule has 0 saturated carbocycles. The first-order valence-corrected chi connectivity index (χ1v) is 6.21. The number of nitrogens with zero attached hydrogens (tertiary/aromatic N) is 1. The number of hydrogen-bond acceptors (Lipinski definition) is 3. The number of esters is 1. The van der Waals surface area contributed by atoms with Crippen LogP contribution in [-0.2, 0) is 9.53 Å². The van der Waals surface area contributed by atoms with Crippen LogP contribution in [-0.4, -0.2) is 25.3 Å². The van der Waals surface area contributed by atoms with Crippen LogP contribution in [0.3, 0.4) is 0 Å². The summed E-state index contributed by atoms with van der Waals surface area (Å²) in [7, 11) is 0. The lowest BCUT2D eigenvalue weighted by Gasteiger charge is -1.99. The van der Waals surface area contributed by atoms with Crippen molar-refractivity contribution in [2.24, 2.45) is 4.99 Å². The summed E-state index contributed by atoms with van der Waals surface area (Å²) >= 11 is 2.24. The first-order valence-electron chi connectivity index (χ1n) is 5.13. The van der Waals surface area contributed by atoms with Crippen molar-refractivity contribution in [1.82, 2.24) is 0 Å². The van der Waals surface area contributed by atoms with Gasteiger partial charge in [0.1, 0.15) is 6.54 Å². The van der Waals surface area contributed by atoms with Crippen molar-refractivity contribution >= 4 is 34.8 Å². The highest BCUT2D eigenvalue weighted by molar-refractivity contribution is 14.1. The van der Waals surface area contributed by atoms with E-state index in [4.69, 9.17) is 4.74 Å². The molecule has 0 radical (unpaired) electrons. The SMILES string of the molecule is CCCOC(=O)CN=Cc1ccc(I)cc1. The molecule has 0 N–H and O–H groups in total. The van der Waals surface area contributed by atoms with E-state index in [0.717, 1.165) is 12.0 Å². The highest BCUT2D eigenvalue weighted by Gasteiger charge is 1.98. The molecular formula is C12H14INO2. The summed E-state index contributed by atoms with van der Waals surface area (Å²) in [5.41, 5.74) is 0.990. The molecule has 1 rings (SSSR count). The Bertz CT molecular complexity index is 360. The first kappa shape index (κ1) is 13.2. The van der Waals surface area contributed by atoms with Crippen LogP contribution >= 0.6 is 22.6 Å². The zero-order chi connectivity index (χ0) is 11.8. The van der Waals surface area contributed by atoms with Gasteiger partial charge in [0.05, 0.1) is 6.61 Å². The van der Waals surface area contributed by atoms with Crippen molar-refractivity contribution in [2.45, 2.75) is 13.3 Å². The van der Waals surface area contributed by atoms with Crippen molar-refractivity contribution in [1.29, 1.82) is 0 Å². The van der Waals surface area contributed by atoms with Gasteiger partial charge in [-0.3, -0.25) is 9.79 Å². The molecule has 0 amide bonds. The van der Waals surface area contributed by atoms with Crippen molar-refractivity contribution in [2.75, 3.05) is 13.2 Å². The molecule has 0 aliphatic rings. The molecule has 0 fully saturated rings. The van der Waals surface area contributed by atoms with Gasteiger partial charge in [-0.05, 0) is 46.7 Å². The monoisotopic (exact) mass is 331 g/mol. The van der Waals surface area contributed by atoms with Crippen molar-refractivity contribution in [3.8, 4) is 0 Å². The smallest absolute Gasteiger partial charge is 0.327 e. The van der Waals surface area contributed by atoms with Gasteiger partial charge in [-0.1, -0.05) is 19.1 Å². The molecule has 0 unspecified atom stereocenters. The van der Waals surface area contributed by atoms with E-state index in [0.29, 0.717) is 6.61 Å². The maximum absolute atomic E-state index is 11.1. The van der Waals surface area contributed by atoms with E-state index in [1.54, 1.807) is 6.21 Å². The molecule has 0 aromatic heterocycles. The Morgan fingerprint density at radius 3 is 2.75 bits per heavy atom. The van der Waals surface area contributed by atoms with Crippen molar-refractivity contribution < 1.29 is 9.53 Å². The van der Waals surface area contributed by atoms with Gasteiger partial charge >= 0.3 is 5.97 Å². The molecule has 0 bridgehead atoms. The lowest BCUT2D eigenvalue weighted by Crippen LogP contribution is -2.08. The molecule has 0 aliphatic heterocycles. The van der Waals surface area contributed by atoms with E-state index < -0.39 is 0 Å². The van der Waals surface area contributed by atoms with Gasteiger partial charge in [0.25, 0.3) is 0 Å². The summed E-state index contributed by atoms with van der Waals surface area (Å²) in [6.07, 6.45) is 2.52. The number of halogens is 1. The van der Waals surface area contributed by atoms with Gasteiger partial charge in [-0.15, -0.1) is 0 Å². The van der Waals surface area contributed by atoms with E-state index in [9.17, 15) is 4.79 Å². The molecule has 16 heavy (non-hydrogen) atoms. The quantitative estimate of drug-likeness (QED) is 0.473. The van der Waals surface area contributed by atoms with E-state index in [1.807, 2.05) is 31.2 Å². The number of carbonyl (C=O) groups is 1. The van der Waals surface area contributed by atoms with Crippen LogP contribution in [0.2, 0.25) is 0 Å². The molecule has 0 atom stereocenters. The van der Waals surface area contributed by atoms with E-state index in [2.05, 4.69) is 27.6 Å². The second-order valence-corrected chi connectivity index (χ2v) is 4.49. The topological polar surface area (TPSA) is 38.7 Å². The summed E-state index contributed by atoms with van der Waals surface area (Å²) in [6, 6.07) is 7.92. The number of benzene rings is 1. The Morgan fingerprint density at radius 2 is 2.12 bits per heavy atom. The number of ether oxygens (including phenoxy) is 1. The van der Waals surface area contributed by atoms with Crippen molar-refractivity contribution in [3.05, 3.63) is 33.4 Å². The molecule has 0 aliphatic carbocycles. The van der Waals surface area contributed by atoms with Gasteiger partial charge in [0, 0.05) is 9.78 Å². The molecule has 0 spiro atoms. The third kappa shape index (κ3) is 5.25. The number of aliphatic imine (C=N–C) groups is 1. The Morgan fingerprint density at radius 1 is 1.44 bits per heavy atom. The predicted octanol–water partition coefficient (Wildman–Crippen LogP) is 2.66. The van der Waals surface area contributed by atoms with Crippen LogP contribution in [0.15, 0.2) is 29.3 Å². The van der Waals surface area contributed by atoms with Crippen LogP contribution in [0.4, 0.5) is 0 Å². The average molecular weight is 331 g/mol. The minimum atomic E-state index is -0.274. The predicted molar refractivity (Wildman–Crippen MR) is 72.9 cm³/mol. The summed E-state index contributed by atoms with van der Waals surface area (Å²) in [5, 5.41) is 0. The Labute approximate surface area is 109 Å². The molecule has 86 valence electrons. The molecule has 1 aromatic carbocycles. The van der Waals surface area contributed by atoms with Crippen LogP contribution in [0, 0.1) is 3.57 Å². The highest BCUT2D eigenvalue weighted by atomic mass is 127. The van der Waals surface area contributed by atoms with Crippen molar-refractivity contribution in [3.63, 3.8) is 0 Å². The minimum Gasteiger partial charge on any atom is -0.464 e. The molecule has 3 nitrogen and oxygen atoms in total. The summed E-state index contributed by atoms with van der Waals surface area (Å²) in [4.78, 5) is 15.1. The third-order valence-corrected chi connectivity index (χ3v) is 2.52. The van der Waals surface area contributed by atoms with E-state index >= 15 is 0 Å². The van der Waals surface area contributed by atoms with Gasteiger partial charge in [-0.25, -0.2) is 0 Å². The summed E-state index contributed by atoms with van der Waals surface area (Å²) in [5.74, 6) is -0.274. The van der Waals surface area contributed by atoms with Crippen LogP contribution < -0.4 is 0 Å². The van der Waals surface area contributed by atoms with Gasteiger partial charge < -0.3 is 4.74 Å². The fraction of sp³-hybridized carbons (Fsp3) is 0.333. The van der Waals surface area contributed by atoms with Crippen LogP contribution in [0.1, 0.15) is 18.9 Å². The Hall–Kier alpha value is -0.910. The maximum atomic E-state index is 11.1. The first-order chi connectivity index (χ1) is 7.72. The maximum Gasteiger partial charge on any atom is 0.327 e. The molecule has 0 saturated heterocycles. The fourth-order valence-corrected chi connectivity index (χ4v) is 1.40. The Balaban J connectivity index is 2.37. The van der Waals surface area contributed by atoms with E-state index in [1.165, 1.54) is 3.57 Å². The second-order valence-electron chi connectivity index (χ2n) is 3.24. The van der Waals surface area contributed by atoms with Crippen LogP contribution in [0.5, 0.6) is 0 Å². The largest absolute Gasteiger partial charge is 0.464 e. The van der Waals surface area contributed by atoms with Gasteiger partial charge in [0.15, 0.2) is 0 Å². The average Bonchev–Trinajstić information content (AvgIpc) is 2.29. The normalized spacial score (nSPS) is 10.6. The number of rotatable bonds is 5. The number of carbonyl (C=O) groups excluding carboxylic acids is 1. The molecular weight excluding hydrogens is 317 g/mol. The summed E-state index contributed by atoms with van der Waals surface area (Å²) in [6.45, 7) is 2.52. The third-order valence-electron chi connectivity index (χ3n) is 1.80. The molecule has 1 aromatic rings. The second kappa shape index (κ2) is 7.38. The van der Waals surface area contributed by atoms with Gasteiger partial charge in [-0.2, -0.15) is 0 Å². The Kier molecular flexibility index (Phi) is 6.07. The minimum absolute atomic E-state index is 0.0893. The van der Waals surface area contributed by atoms with Crippen LogP contribution in [0.25, 0.3) is 0 Å². The highest BCUT2D eigenvalue weighted by Crippen LogP contribution is 2.04. The standard InChI is InChI=1S/C12H14INO2/c1-2-7-16-12(15)9-14-8-10-3-5-11(13)6-4-10/h3-6,8H,2,7,9H2,1H3. The number of hydrogen-bond donors (Lipinski definition) is 0. The zero-order valence-electron chi connectivity index (χ0n) is 9.15. The summed E-state index contributed by atoms with van der Waals surface area (Å²) < 4.78 is 6.07. The lowest BCUT2D eigenvalue weighted by atomic mass is 10.2. The molecule has 0 heterocycles. The fourth-order valence-electron chi connectivity index (χ4n) is 1.04. The van der Waals surface area contributed by atoms with E-state index in [-0.39, 0.29) is 12.5 Å². The zero-order valence-corrected chi connectivity index (χ0v) is 11.3. The molecule has 4 heteroatoms. The van der Waals surface area contributed by atoms with Gasteiger partial charge in [0.2, 0.25) is 0 Å². The lowest BCUT2D eigenvalue weighted by molar-refractivity contribution is -0.141.